The van der Waals surface area contributed by atoms with Crippen LogP contribution in [0.15, 0.2) is 73.4 Å². The Morgan fingerprint density at radius 3 is 2.40 bits per heavy atom. The highest BCUT2D eigenvalue weighted by Crippen LogP contribution is 2.53. The summed E-state index contributed by atoms with van der Waals surface area (Å²) < 4.78 is 2.08. The van der Waals surface area contributed by atoms with Crippen LogP contribution in [0.1, 0.15) is 61.8 Å². The molecule has 5 heterocycles. The Bertz CT molecular complexity index is 1830. The Hall–Kier alpha value is -4.66. The minimum atomic E-state index is -0.619. The molecule has 0 radical (unpaired) electrons. The molecule has 5 aromatic rings. The van der Waals surface area contributed by atoms with Crippen LogP contribution in [0.2, 0.25) is 0 Å². The predicted molar refractivity (Wildman–Crippen MR) is 160 cm³/mol. The van der Waals surface area contributed by atoms with Crippen molar-refractivity contribution in [3.05, 3.63) is 90.4 Å². The Morgan fingerprint density at radius 2 is 1.71 bits per heavy atom. The fourth-order valence-corrected chi connectivity index (χ4v) is 5.84. The van der Waals surface area contributed by atoms with Crippen LogP contribution in [0.4, 0.5) is 0 Å². The summed E-state index contributed by atoms with van der Waals surface area (Å²) in [6, 6.07) is 13.5. The highest BCUT2D eigenvalue weighted by molar-refractivity contribution is 5.96. The zero-order valence-electron chi connectivity index (χ0n) is 24.0. The summed E-state index contributed by atoms with van der Waals surface area (Å²) in [5.74, 6) is 0.247. The van der Waals surface area contributed by atoms with Crippen LogP contribution in [-0.4, -0.2) is 60.2 Å². The minimum Gasteiger partial charge on any atom is -0.341 e. The molecule has 212 valence electrons. The number of rotatable bonds is 6. The maximum absolute atomic E-state index is 13.1. The van der Waals surface area contributed by atoms with E-state index in [9.17, 15) is 9.59 Å². The van der Waals surface area contributed by atoms with Crippen molar-refractivity contribution >= 4 is 28.5 Å². The van der Waals surface area contributed by atoms with Crippen LogP contribution in [0.5, 0.6) is 0 Å². The average Bonchev–Trinajstić information content (AvgIpc) is 3.66. The van der Waals surface area contributed by atoms with E-state index >= 15 is 0 Å². The third kappa shape index (κ3) is 4.49. The number of amides is 2. The summed E-state index contributed by atoms with van der Waals surface area (Å²) in [7, 11) is 0. The lowest BCUT2D eigenvalue weighted by atomic mass is 9.85. The molecular weight excluding hydrogens is 526 g/mol. The summed E-state index contributed by atoms with van der Waals surface area (Å²) in [5, 5.41) is 4.07. The van der Waals surface area contributed by atoms with Gasteiger partial charge in [-0.25, -0.2) is 9.97 Å². The molecule has 7 rings (SSSR count). The van der Waals surface area contributed by atoms with Gasteiger partial charge in [-0.2, -0.15) is 0 Å². The van der Waals surface area contributed by atoms with E-state index in [-0.39, 0.29) is 22.9 Å². The van der Waals surface area contributed by atoms with Gasteiger partial charge in [0, 0.05) is 59.8 Å². The van der Waals surface area contributed by atoms with Crippen LogP contribution >= 0.6 is 0 Å². The first kappa shape index (κ1) is 26.3. The second-order valence-corrected chi connectivity index (χ2v) is 12.5. The van der Waals surface area contributed by atoms with Crippen molar-refractivity contribution in [1.82, 2.24) is 34.6 Å². The number of nitrogens with one attached hydrogen (secondary N) is 1. The van der Waals surface area contributed by atoms with Gasteiger partial charge in [0.25, 0.3) is 5.91 Å². The fraction of sp³-hybridized carbons (Fsp3) is 0.333. The Balaban J connectivity index is 1.15. The summed E-state index contributed by atoms with van der Waals surface area (Å²) in [5.41, 5.74) is 4.80. The van der Waals surface area contributed by atoms with Gasteiger partial charge in [-0.15, -0.1) is 0 Å². The second-order valence-electron chi connectivity index (χ2n) is 12.5. The van der Waals surface area contributed by atoms with Gasteiger partial charge in [0.15, 0.2) is 0 Å². The molecule has 1 aromatic carbocycles. The lowest BCUT2D eigenvalue weighted by Crippen LogP contribution is -2.57. The maximum atomic E-state index is 13.1. The van der Waals surface area contributed by atoms with Crippen LogP contribution < -0.4 is 5.32 Å². The smallest absolute Gasteiger partial charge is 0.270 e. The lowest BCUT2D eigenvalue weighted by molar-refractivity contribution is -0.139. The standard InChI is InChI=1S/C33H33N7O2/c1-32(2,3)28(30(42)39-14-5-15-39)38-29(41)26-9-7-22(17-35-26)23-18-36-31-37-19-27(40(31)20-23)33(11-12-33)24-8-10-25-21(16-24)6-4-13-34-25/h4,6-10,13,16-20,28H,5,11-12,14-15H2,1-3H3,(H,38,41). The number of benzene rings is 1. The van der Waals surface area contributed by atoms with E-state index in [0.29, 0.717) is 5.78 Å². The van der Waals surface area contributed by atoms with E-state index in [4.69, 9.17) is 0 Å². The molecular formula is C33H33N7O2. The highest BCUT2D eigenvalue weighted by atomic mass is 16.2. The number of hydrogen-bond acceptors (Lipinski definition) is 6. The molecule has 42 heavy (non-hydrogen) atoms. The van der Waals surface area contributed by atoms with Crippen LogP contribution in [-0.2, 0) is 10.2 Å². The lowest BCUT2D eigenvalue weighted by Gasteiger charge is -2.38. The number of carbonyl (C=O) groups excluding carboxylic acids is 2. The molecule has 1 N–H and O–H groups in total. The Kier molecular flexibility index (Phi) is 6.07. The van der Waals surface area contributed by atoms with E-state index in [1.165, 1.54) is 5.56 Å². The molecule has 9 nitrogen and oxygen atoms in total. The van der Waals surface area contributed by atoms with Gasteiger partial charge in [-0.3, -0.25) is 24.0 Å². The quantitative estimate of drug-likeness (QED) is 0.321. The number of aromatic nitrogens is 5. The van der Waals surface area contributed by atoms with Gasteiger partial charge < -0.3 is 10.2 Å². The maximum Gasteiger partial charge on any atom is 0.270 e. The third-order valence-corrected chi connectivity index (χ3v) is 8.65. The fourth-order valence-electron chi connectivity index (χ4n) is 5.84. The number of nitrogens with zero attached hydrogens (tertiary/aromatic N) is 6. The number of imidazole rings is 1. The molecule has 2 aliphatic rings. The van der Waals surface area contributed by atoms with Crippen LogP contribution in [0.25, 0.3) is 27.8 Å². The van der Waals surface area contributed by atoms with Crippen molar-refractivity contribution in [2.75, 3.05) is 13.1 Å². The first-order chi connectivity index (χ1) is 20.2. The zero-order chi connectivity index (χ0) is 29.1. The SMILES string of the molecule is CC(C)(C)C(NC(=O)c1ccc(-c2cnc3ncc(C4(c5ccc6ncccc6c5)CC4)n3c2)cn1)C(=O)N1CCC1. The number of likely N-dealkylation sites (tertiary alicyclic amines) is 1. The minimum absolute atomic E-state index is 0.0389. The molecule has 2 fully saturated rings. The van der Waals surface area contributed by atoms with Crippen LogP contribution in [0.3, 0.4) is 0 Å². The van der Waals surface area contributed by atoms with Gasteiger partial charge in [0.1, 0.15) is 11.7 Å². The predicted octanol–water partition coefficient (Wildman–Crippen LogP) is 4.80. The van der Waals surface area contributed by atoms with Crippen molar-refractivity contribution in [2.24, 2.45) is 5.41 Å². The van der Waals surface area contributed by atoms with Crippen molar-refractivity contribution in [2.45, 2.75) is 51.5 Å². The molecule has 1 saturated carbocycles. The zero-order valence-corrected chi connectivity index (χ0v) is 24.0. The van der Waals surface area contributed by atoms with E-state index in [0.717, 1.165) is 60.1 Å². The monoisotopic (exact) mass is 559 g/mol. The summed E-state index contributed by atoms with van der Waals surface area (Å²) in [4.78, 5) is 46.1. The van der Waals surface area contributed by atoms with Crippen molar-refractivity contribution < 1.29 is 9.59 Å². The normalized spacial score (nSPS) is 16.7. The number of fused-ring (bicyclic) bond motifs is 2. The topological polar surface area (TPSA) is 105 Å². The molecule has 1 atom stereocenters. The molecule has 2 amide bonds. The average molecular weight is 560 g/mol. The first-order valence-electron chi connectivity index (χ1n) is 14.5. The number of hydrogen-bond donors (Lipinski definition) is 1. The summed E-state index contributed by atoms with van der Waals surface area (Å²) >= 11 is 0. The molecule has 1 aliphatic heterocycles. The largest absolute Gasteiger partial charge is 0.341 e. The molecule has 1 saturated heterocycles. The Labute approximate surface area is 244 Å². The molecule has 1 unspecified atom stereocenters. The number of pyridine rings is 2. The molecule has 4 aromatic heterocycles. The van der Waals surface area contributed by atoms with Gasteiger partial charge >= 0.3 is 0 Å². The molecule has 0 bridgehead atoms. The second kappa shape index (κ2) is 9.72. The molecule has 9 heteroatoms. The van der Waals surface area contributed by atoms with Gasteiger partial charge in [-0.1, -0.05) is 39.0 Å². The first-order valence-corrected chi connectivity index (χ1v) is 14.5. The Morgan fingerprint density at radius 1 is 0.929 bits per heavy atom. The molecule has 1 aliphatic carbocycles. The highest BCUT2D eigenvalue weighted by Gasteiger charge is 2.48. The number of carbonyl (C=O) groups is 2. The molecule has 0 spiro atoms. The van der Waals surface area contributed by atoms with Crippen molar-refractivity contribution in [3.63, 3.8) is 0 Å². The summed E-state index contributed by atoms with van der Waals surface area (Å²) in [6.45, 7) is 7.37. The van der Waals surface area contributed by atoms with Gasteiger partial charge in [0.05, 0.1) is 17.4 Å². The van der Waals surface area contributed by atoms with Gasteiger partial charge in [0.2, 0.25) is 11.7 Å². The van der Waals surface area contributed by atoms with Crippen LogP contribution in [0, 0.1) is 5.41 Å². The van der Waals surface area contributed by atoms with Gasteiger partial charge in [-0.05, 0) is 54.5 Å². The van der Waals surface area contributed by atoms with E-state index < -0.39 is 11.5 Å². The van der Waals surface area contributed by atoms with Crippen molar-refractivity contribution in [3.8, 4) is 11.1 Å². The third-order valence-electron chi connectivity index (χ3n) is 8.65. The van der Waals surface area contributed by atoms with E-state index in [2.05, 4.69) is 53.9 Å². The summed E-state index contributed by atoms with van der Waals surface area (Å²) in [6.07, 6.45) is 12.3. The van der Waals surface area contributed by atoms with Crippen molar-refractivity contribution in [1.29, 1.82) is 0 Å². The van der Waals surface area contributed by atoms with E-state index in [1.54, 1.807) is 23.4 Å². The van der Waals surface area contributed by atoms with E-state index in [1.807, 2.05) is 51.5 Å².